The Morgan fingerprint density at radius 3 is 2.45 bits per heavy atom. The summed E-state index contributed by atoms with van der Waals surface area (Å²) in [7, 11) is 0. The van der Waals surface area contributed by atoms with Crippen LogP contribution in [0.3, 0.4) is 0 Å². The Kier molecular flexibility index (Phi) is 6.30. The van der Waals surface area contributed by atoms with E-state index in [4.69, 9.17) is 0 Å². The number of nitrogens with one attached hydrogen (secondary N) is 3. The molecule has 4 aromatic rings. The number of fused-ring (bicyclic) bond motifs is 1. The van der Waals surface area contributed by atoms with E-state index in [2.05, 4.69) is 20.6 Å². The van der Waals surface area contributed by atoms with Gasteiger partial charge in [-0.15, -0.1) is 0 Å². The first kappa shape index (κ1) is 21.9. The van der Waals surface area contributed by atoms with Crippen LogP contribution in [0.5, 0.6) is 5.75 Å². The fraction of sp³-hybridized carbons (Fsp3) is 0.125. The number of hydrogen-bond acceptors (Lipinski definition) is 4. The summed E-state index contributed by atoms with van der Waals surface area (Å²) in [6.07, 6.45) is 1.29. The number of rotatable bonds is 7. The number of carbonyl (C=O) groups excluding carboxylic acids is 2. The number of phenolic OH excluding ortho intramolecular Hbond substituents is 1. The number of halogens is 2. The molecule has 0 fully saturated rings. The van der Waals surface area contributed by atoms with E-state index >= 15 is 0 Å². The number of nitrogens with zero attached hydrogens (tertiary/aromatic N) is 1. The second-order valence-corrected chi connectivity index (χ2v) is 7.40. The maximum atomic E-state index is 13.3. The van der Waals surface area contributed by atoms with Crippen LogP contribution >= 0.6 is 0 Å². The number of imidazole rings is 1. The zero-order valence-corrected chi connectivity index (χ0v) is 17.4. The van der Waals surface area contributed by atoms with Gasteiger partial charge in [0, 0.05) is 36.3 Å². The average molecular weight is 450 g/mol. The van der Waals surface area contributed by atoms with E-state index in [-0.39, 0.29) is 22.6 Å². The number of aromatic hydroxyl groups is 1. The average Bonchev–Trinajstić information content (AvgIpc) is 3.19. The molecule has 0 bridgehead atoms. The Labute approximate surface area is 187 Å². The van der Waals surface area contributed by atoms with E-state index in [1.165, 1.54) is 18.2 Å². The van der Waals surface area contributed by atoms with Crippen molar-refractivity contribution < 1.29 is 23.5 Å². The van der Waals surface area contributed by atoms with Crippen LogP contribution in [0, 0.1) is 11.6 Å². The first-order chi connectivity index (χ1) is 15.9. The molecule has 3 aromatic carbocycles. The summed E-state index contributed by atoms with van der Waals surface area (Å²) in [4.78, 5) is 32.3. The molecule has 0 radical (unpaired) electrons. The number of aromatic amines is 1. The molecular formula is C24H20F2N4O3. The smallest absolute Gasteiger partial charge is 0.255 e. The summed E-state index contributed by atoms with van der Waals surface area (Å²) in [6, 6.07) is 14.1. The molecule has 0 aliphatic rings. The molecule has 33 heavy (non-hydrogen) atoms. The first-order valence-electron chi connectivity index (χ1n) is 10.2. The SMILES string of the molecule is O=C(Nc1ccc(C(=O)NCCCc2nc3ccccc3[nH]2)c(O)c1)c1cc(F)cc(F)c1. The lowest BCUT2D eigenvalue weighted by Crippen LogP contribution is -2.25. The lowest BCUT2D eigenvalue weighted by molar-refractivity contribution is 0.0950. The van der Waals surface area contributed by atoms with Gasteiger partial charge in [0.2, 0.25) is 0 Å². The predicted octanol–water partition coefficient (Wildman–Crippen LogP) is 4.16. The molecule has 2 amide bonds. The summed E-state index contributed by atoms with van der Waals surface area (Å²) in [5, 5.41) is 15.4. The van der Waals surface area contributed by atoms with Crippen molar-refractivity contribution in [2.24, 2.45) is 0 Å². The number of anilines is 1. The molecule has 9 heteroatoms. The molecule has 0 unspecified atom stereocenters. The summed E-state index contributed by atoms with van der Waals surface area (Å²) < 4.78 is 26.6. The van der Waals surface area contributed by atoms with Crippen molar-refractivity contribution in [2.45, 2.75) is 12.8 Å². The van der Waals surface area contributed by atoms with E-state index in [1.54, 1.807) is 0 Å². The molecule has 0 saturated heterocycles. The van der Waals surface area contributed by atoms with Gasteiger partial charge in [-0.1, -0.05) is 12.1 Å². The molecule has 0 saturated carbocycles. The van der Waals surface area contributed by atoms with Crippen molar-refractivity contribution in [3.8, 4) is 5.75 Å². The van der Waals surface area contributed by atoms with Crippen molar-refractivity contribution in [3.05, 3.63) is 89.2 Å². The fourth-order valence-electron chi connectivity index (χ4n) is 3.37. The molecule has 0 spiro atoms. The molecule has 4 N–H and O–H groups in total. The minimum Gasteiger partial charge on any atom is -0.507 e. The molecule has 0 aliphatic carbocycles. The van der Waals surface area contributed by atoms with Crippen molar-refractivity contribution >= 4 is 28.5 Å². The second kappa shape index (κ2) is 9.47. The standard InChI is InChI=1S/C24H20F2N4O3/c25-15-10-14(11-16(26)12-15)23(32)28-17-7-8-18(21(31)13-17)24(33)27-9-3-6-22-29-19-4-1-2-5-20(19)30-22/h1-2,4-5,7-8,10-13,31H,3,6,9H2,(H,27,33)(H,28,32)(H,29,30). The Bertz CT molecular complexity index is 1280. The lowest BCUT2D eigenvalue weighted by Gasteiger charge is -2.10. The third-order valence-corrected chi connectivity index (χ3v) is 4.94. The molecule has 0 atom stereocenters. The Morgan fingerprint density at radius 2 is 1.73 bits per heavy atom. The number of para-hydroxylation sites is 2. The van der Waals surface area contributed by atoms with Crippen molar-refractivity contribution in [2.75, 3.05) is 11.9 Å². The largest absolute Gasteiger partial charge is 0.507 e. The third kappa shape index (κ3) is 5.32. The van der Waals surface area contributed by atoms with Crippen LogP contribution in [0.2, 0.25) is 0 Å². The van der Waals surface area contributed by atoms with E-state index in [1.807, 2.05) is 24.3 Å². The monoisotopic (exact) mass is 450 g/mol. The number of carbonyl (C=O) groups is 2. The maximum Gasteiger partial charge on any atom is 0.255 e. The number of hydrogen-bond donors (Lipinski definition) is 4. The minimum absolute atomic E-state index is 0.0357. The molecule has 7 nitrogen and oxygen atoms in total. The lowest BCUT2D eigenvalue weighted by atomic mass is 10.1. The highest BCUT2D eigenvalue weighted by Gasteiger charge is 2.14. The van der Waals surface area contributed by atoms with E-state index in [9.17, 15) is 23.5 Å². The maximum absolute atomic E-state index is 13.3. The quantitative estimate of drug-likeness (QED) is 0.317. The van der Waals surface area contributed by atoms with Gasteiger partial charge in [-0.3, -0.25) is 9.59 Å². The van der Waals surface area contributed by atoms with E-state index in [0.717, 1.165) is 29.0 Å². The van der Waals surface area contributed by atoms with Crippen molar-refractivity contribution in [3.63, 3.8) is 0 Å². The van der Waals surface area contributed by atoms with Gasteiger partial charge in [0.1, 0.15) is 23.2 Å². The van der Waals surface area contributed by atoms with Crippen molar-refractivity contribution in [1.82, 2.24) is 15.3 Å². The molecule has 168 valence electrons. The number of H-pyrrole nitrogens is 1. The van der Waals surface area contributed by atoms with Gasteiger partial charge in [0.05, 0.1) is 16.6 Å². The molecule has 1 aromatic heterocycles. The second-order valence-electron chi connectivity index (χ2n) is 7.40. The number of phenols is 1. The number of aryl methyl sites for hydroxylation is 1. The van der Waals surface area contributed by atoms with Crippen LogP contribution in [-0.4, -0.2) is 33.4 Å². The summed E-state index contributed by atoms with van der Waals surface area (Å²) in [6.45, 7) is 0.374. The highest BCUT2D eigenvalue weighted by atomic mass is 19.1. The number of amides is 2. The van der Waals surface area contributed by atoms with Crippen LogP contribution in [0.15, 0.2) is 60.7 Å². The minimum atomic E-state index is -0.879. The van der Waals surface area contributed by atoms with Crippen molar-refractivity contribution in [1.29, 1.82) is 0 Å². The topological polar surface area (TPSA) is 107 Å². The molecule has 0 aliphatic heterocycles. The van der Waals surface area contributed by atoms with Gasteiger partial charge in [0.25, 0.3) is 11.8 Å². The van der Waals surface area contributed by atoms with Gasteiger partial charge < -0.3 is 20.7 Å². The highest BCUT2D eigenvalue weighted by molar-refractivity contribution is 6.05. The van der Waals surface area contributed by atoms with Gasteiger partial charge >= 0.3 is 0 Å². The molecule has 4 rings (SSSR count). The van der Waals surface area contributed by atoms with Crippen LogP contribution in [-0.2, 0) is 6.42 Å². The van der Waals surface area contributed by atoms with Crippen LogP contribution in [0.1, 0.15) is 33.0 Å². The Morgan fingerprint density at radius 1 is 0.970 bits per heavy atom. The Hall–Kier alpha value is -4.27. The van der Waals surface area contributed by atoms with E-state index < -0.39 is 23.4 Å². The third-order valence-electron chi connectivity index (χ3n) is 4.94. The molecule has 1 heterocycles. The van der Waals surface area contributed by atoms with Crippen LogP contribution < -0.4 is 10.6 Å². The number of benzene rings is 3. The summed E-state index contributed by atoms with van der Waals surface area (Å²) in [5.41, 5.74) is 1.84. The van der Waals surface area contributed by atoms with Crippen LogP contribution in [0.25, 0.3) is 11.0 Å². The van der Waals surface area contributed by atoms with Gasteiger partial charge in [-0.2, -0.15) is 0 Å². The predicted molar refractivity (Wildman–Crippen MR) is 119 cm³/mol. The zero-order valence-electron chi connectivity index (χ0n) is 17.4. The first-order valence-corrected chi connectivity index (χ1v) is 10.2. The van der Waals surface area contributed by atoms with Gasteiger partial charge in [-0.25, -0.2) is 13.8 Å². The summed E-state index contributed by atoms with van der Waals surface area (Å²) in [5.74, 6) is -2.50. The normalized spacial score (nSPS) is 10.8. The fourth-order valence-corrected chi connectivity index (χ4v) is 3.37. The van der Waals surface area contributed by atoms with E-state index in [0.29, 0.717) is 25.5 Å². The van der Waals surface area contributed by atoms with Gasteiger partial charge in [0.15, 0.2) is 0 Å². The summed E-state index contributed by atoms with van der Waals surface area (Å²) >= 11 is 0. The number of aromatic nitrogens is 2. The Balaban J connectivity index is 1.31. The zero-order chi connectivity index (χ0) is 23.4. The molecular weight excluding hydrogens is 430 g/mol. The highest BCUT2D eigenvalue weighted by Crippen LogP contribution is 2.23. The van der Waals surface area contributed by atoms with Gasteiger partial charge in [-0.05, 0) is 42.8 Å². The van der Waals surface area contributed by atoms with Crippen LogP contribution in [0.4, 0.5) is 14.5 Å².